The van der Waals surface area contributed by atoms with Gasteiger partial charge in [-0.25, -0.2) is 9.78 Å². The highest BCUT2D eigenvalue weighted by atomic mass is 16.5. The molecule has 5 heteroatoms. The number of nitrogens with zero attached hydrogens (tertiary/aromatic N) is 3. The molecule has 0 unspecified atom stereocenters. The Balaban J connectivity index is 2.50. The highest BCUT2D eigenvalue weighted by Gasteiger charge is 2.13. The summed E-state index contributed by atoms with van der Waals surface area (Å²) in [6, 6.07) is 8.94. The second-order valence-electron chi connectivity index (χ2n) is 3.30. The molecular formula is C12H9N3O2. The summed E-state index contributed by atoms with van der Waals surface area (Å²) in [7, 11) is 1.31. The number of esters is 1. The molecule has 0 N–H and O–H groups in total. The molecule has 0 radical (unpaired) electrons. The fraction of sp³-hybridized carbons (Fsp3) is 0.0833. The maximum atomic E-state index is 11.5. The molecule has 2 aromatic rings. The number of benzene rings is 1. The molecule has 0 fully saturated rings. The Morgan fingerprint density at radius 2 is 2.35 bits per heavy atom. The molecule has 0 spiro atoms. The van der Waals surface area contributed by atoms with Gasteiger partial charge in [0.05, 0.1) is 31.3 Å². The Kier molecular flexibility index (Phi) is 2.88. The number of hydrogen-bond acceptors (Lipinski definition) is 4. The van der Waals surface area contributed by atoms with Crippen molar-refractivity contribution >= 4 is 5.97 Å². The zero-order chi connectivity index (χ0) is 12.3. The third kappa shape index (κ3) is 2.01. The zero-order valence-electron chi connectivity index (χ0n) is 9.12. The molecule has 17 heavy (non-hydrogen) atoms. The van der Waals surface area contributed by atoms with Crippen molar-refractivity contribution in [1.82, 2.24) is 9.55 Å². The van der Waals surface area contributed by atoms with Gasteiger partial charge in [0.25, 0.3) is 0 Å². The molecule has 0 atom stereocenters. The van der Waals surface area contributed by atoms with E-state index in [0.29, 0.717) is 16.9 Å². The maximum Gasteiger partial charge on any atom is 0.356 e. The number of methoxy groups -OCH3 is 1. The lowest BCUT2D eigenvalue weighted by Gasteiger charge is -2.06. The molecule has 0 aliphatic rings. The minimum absolute atomic E-state index is 0.322. The average Bonchev–Trinajstić information content (AvgIpc) is 2.87. The highest BCUT2D eigenvalue weighted by Crippen LogP contribution is 2.13. The quantitative estimate of drug-likeness (QED) is 0.729. The van der Waals surface area contributed by atoms with Crippen molar-refractivity contribution in [3.8, 4) is 11.8 Å². The van der Waals surface area contributed by atoms with Crippen LogP contribution < -0.4 is 0 Å². The predicted octanol–water partition coefficient (Wildman–Crippen LogP) is 1.53. The van der Waals surface area contributed by atoms with E-state index in [-0.39, 0.29) is 0 Å². The fourth-order valence-corrected chi connectivity index (χ4v) is 1.48. The molecule has 0 aliphatic heterocycles. The lowest BCUT2D eigenvalue weighted by atomic mass is 10.2. The number of aromatic nitrogens is 2. The Morgan fingerprint density at radius 3 is 3.06 bits per heavy atom. The number of ether oxygens (including phenoxy) is 1. The fourth-order valence-electron chi connectivity index (χ4n) is 1.48. The summed E-state index contributed by atoms with van der Waals surface area (Å²) < 4.78 is 6.22. The summed E-state index contributed by atoms with van der Waals surface area (Å²) in [6.45, 7) is 0. The molecule has 1 aromatic heterocycles. The van der Waals surface area contributed by atoms with Gasteiger partial charge in [0.2, 0.25) is 0 Å². The van der Waals surface area contributed by atoms with Gasteiger partial charge in [0.1, 0.15) is 0 Å². The van der Waals surface area contributed by atoms with Crippen LogP contribution in [0.2, 0.25) is 0 Å². The Morgan fingerprint density at radius 1 is 1.53 bits per heavy atom. The number of hydrogen-bond donors (Lipinski definition) is 0. The SMILES string of the molecule is COC(=O)c1cncn1-c1cccc(C#N)c1. The zero-order valence-corrected chi connectivity index (χ0v) is 9.12. The topological polar surface area (TPSA) is 67.9 Å². The summed E-state index contributed by atoms with van der Waals surface area (Å²) in [5.41, 5.74) is 1.54. The average molecular weight is 227 g/mol. The Labute approximate surface area is 97.9 Å². The number of imidazole rings is 1. The highest BCUT2D eigenvalue weighted by molar-refractivity contribution is 5.87. The Hall–Kier alpha value is -2.61. The van der Waals surface area contributed by atoms with E-state index < -0.39 is 5.97 Å². The maximum absolute atomic E-state index is 11.5. The van der Waals surface area contributed by atoms with E-state index >= 15 is 0 Å². The van der Waals surface area contributed by atoms with Crippen molar-refractivity contribution in [3.63, 3.8) is 0 Å². The van der Waals surface area contributed by atoms with Crippen LogP contribution in [-0.4, -0.2) is 22.6 Å². The van der Waals surface area contributed by atoms with Crippen molar-refractivity contribution in [1.29, 1.82) is 5.26 Å². The van der Waals surface area contributed by atoms with E-state index in [1.54, 1.807) is 28.8 Å². The summed E-state index contributed by atoms with van der Waals surface area (Å²) >= 11 is 0. The molecule has 1 aromatic carbocycles. The van der Waals surface area contributed by atoms with Crippen molar-refractivity contribution in [2.24, 2.45) is 0 Å². The van der Waals surface area contributed by atoms with Crippen LogP contribution in [0.4, 0.5) is 0 Å². The lowest BCUT2D eigenvalue weighted by molar-refractivity contribution is 0.0591. The van der Waals surface area contributed by atoms with Crippen LogP contribution in [0.15, 0.2) is 36.8 Å². The van der Waals surface area contributed by atoms with Crippen LogP contribution in [-0.2, 0) is 4.74 Å². The predicted molar refractivity (Wildman–Crippen MR) is 59.6 cm³/mol. The number of nitriles is 1. The number of carbonyl (C=O) groups is 1. The second-order valence-corrected chi connectivity index (χ2v) is 3.30. The van der Waals surface area contributed by atoms with E-state index in [2.05, 4.69) is 9.72 Å². The molecular weight excluding hydrogens is 218 g/mol. The molecule has 0 saturated heterocycles. The van der Waals surface area contributed by atoms with Crippen LogP contribution >= 0.6 is 0 Å². The minimum atomic E-state index is -0.468. The van der Waals surface area contributed by atoms with Crippen molar-refractivity contribution in [3.05, 3.63) is 48.0 Å². The van der Waals surface area contributed by atoms with Gasteiger partial charge in [0, 0.05) is 5.69 Å². The molecule has 84 valence electrons. The number of carbonyl (C=O) groups excluding carboxylic acids is 1. The van der Waals surface area contributed by atoms with Gasteiger partial charge in [-0.2, -0.15) is 5.26 Å². The largest absolute Gasteiger partial charge is 0.464 e. The van der Waals surface area contributed by atoms with Crippen LogP contribution in [0.3, 0.4) is 0 Å². The third-order valence-electron chi connectivity index (χ3n) is 2.29. The second kappa shape index (κ2) is 4.49. The summed E-state index contributed by atoms with van der Waals surface area (Å²) in [5.74, 6) is -0.468. The van der Waals surface area contributed by atoms with E-state index in [4.69, 9.17) is 5.26 Å². The van der Waals surface area contributed by atoms with Gasteiger partial charge >= 0.3 is 5.97 Å². The van der Waals surface area contributed by atoms with Crippen LogP contribution in [0.25, 0.3) is 5.69 Å². The van der Waals surface area contributed by atoms with E-state index in [1.807, 2.05) is 6.07 Å². The van der Waals surface area contributed by atoms with E-state index in [1.165, 1.54) is 19.6 Å². The minimum Gasteiger partial charge on any atom is -0.464 e. The molecule has 0 aliphatic carbocycles. The smallest absolute Gasteiger partial charge is 0.356 e. The Bertz CT molecular complexity index is 596. The standard InChI is InChI=1S/C12H9N3O2/c1-17-12(16)11-7-14-8-15(11)10-4-2-3-9(5-10)6-13/h2-5,7-8H,1H3. The van der Waals surface area contributed by atoms with Crippen molar-refractivity contribution < 1.29 is 9.53 Å². The molecule has 0 bridgehead atoms. The van der Waals surface area contributed by atoms with Gasteiger partial charge in [0.15, 0.2) is 5.69 Å². The monoisotopic (exact) mass is 227 g/mol. The summed E-state index contributed by atoms with van der Waals surface area (Å²) in [4.78, 5) is 15.4. The third-order valence-corrected chi connectivity index (χ3v) is 2.29. The first kappa shape index (κ1) is 10.9. The molecule has 0 saturated carbocycles. The molecule has 1 heterocycles. The van der Waals surface area contributed by atoms with Gasteiger partial charge < -0.3 is 4.74 Å². The molecule has 0 amide bonds. The first-order chi connectivity index (χ1) is 8.26. The first-order valence-electron chi connectivity index (χ1n) is 4.87. The molecule has 2 rings (SSSR count). The van der Waals surface area contributed by atoms with Crippen LogP contribution in [0.1, 0.15) is 16.1 Å². The van der Waals surface area contributed by atoms with E-state index in [0.717, 1.165) is 0 Å². The van der Waals surface area contributed by atoms with Crippen molar-refractivity contribution in [2.45, 2.75) is 0 Å². The lowest BCUT2D eigenvalue weighted by Crippen LogP contribution is -2.08. The normalized spacial score (nSPS) is 9.65. The number of rotatable bonds is 2. The first-order valence-corrected chi connectivity index (χ1v) is 4.87. The van der Waals surface area contributed by atoms with Gasteiger partial charge in [-0.1, -0.05) is 6.07 Å². The van der Waals surface area contributed by atoms with Crippen LogP contribution in [0, 0.1) is 11.3 Å². The summed E-state index contributed by atoms with van der Waals surface area (Å²) in [5, 5.41) is 8.82. The van der Waals surface area contributed by atoms with Gasteiger partial charge in [-0.05, 0) is 18.2 Å². The van der Waals surface area contributed by atoms with E-state index in [9.17, 15) is 4.79 Å². The van der Waals surface area contributed by atoms with Gasteiger partial charge in [-0.3, -0.25) is 4.57 Å². The van der Waals surface area contributed by atoms with Crippen molar-refractivity contribution in [2.75, 3.05) is 7.11 Å². The summed E-state index contributed by atoms with van der Waals surface area (Å²) in [6.07, 6.45) is 2.92. The molecule has 5 nitrogen and oxygen atoms in total. The van der Waals surface area contributed by atoms with Gasteiger partial charge in [-0.15, -0.1) is 0 Å². The van der Waals surface area contributed by atoms with Crippen LogP contribution in [0.5, 0.6) is 0 Å².